The highest BCUT2D eigenvalue weighted by molar-refractivity contribution is 7.86. The first-order valence-electron chi connectivity index (χ1n) is 10.5. The van der Waals surface area contributed by atoms with E-state index in [0.29, 0.717) is 50.7 Å². The molecule has 3 N–H and O–H groups in total. The van der Waals surface area contributed by atoms with Crippen molar-refractivity contribution < 1.29 is 13.7 Å². The number of nitrogens with one attached hydrogen (secondary N) is 3. The number of rotatable bonds is 10. The number of pyridine rings is 1. The van der Waals surface area contributed by atoms with E-state index in [2.05, 4.69) is 25.2 Å². The van der Waals surface area contributed by atoms with Gasteiger partial charge in [-0.2, -0.15) is 5.10 Å². The van der Waals surface area contributed by atoms with E-state index in [0.717, 1.165) is 11.8 Å². The number of aromatic nitrogens is 3. The van der Waals surface area contributed by atoms with Crippen molar-refractivity contribution in [1.29, 1.82) is 0 Å². The van der Waals surface area contributed by atoms with Gasteiger partial charge in [-0.15, -0.1) is 0 Å². The molecule has 4 aromatic rings. The van der Waals surface area contributed by atoms with E-state index >= 15 is 0 Å². The highest BCUT2D eigenvalue weighted by atomic mass is 35.5. The largest absolute Gasteiger partial charge is 0.487 e. The Bertz CT molecular complexity index is 1300. The van der Waals surface area contributed by atoms with Crippen LogP contribution < -0.4 is 14.8 Å². The zero-order chi connectivity index (χ0) is 23.9. The fourth-order valence-corrected chi connectivity index (χ4v) is 3.84. The molecule has 34 heavy (non-hydrogen) atoms. The van der Waals surface area contributed by atoms with Gasteiger partial charge < -0.3 is 14.8 Å². The lowest BCUT2D eigenvalue weighted by Crippen LogP contribution is -2.08. The number of aldehydes is 1. The minimum atomic E-state index is -1.26. The lowest BCUT2D eigenvalue weighted by molar-refractivity contribution is 0.112. The number of carbonyl (C=O) groups is 1. The summed E-state index contributed by atoms with van der Waals surface area (Å²) in [7, 11) is -1.26. The van der Waals surface area contributed by atoms with E-state index in [1.165, 1.54) is 0 Å². The summed E-state index contributed by atoms with van der Waals surface area (Å²) in [6.07, 6.45) is 2.38. The third kappa shape index (κ3) is 5.62. The number of nitrogens with zero attached hydrogens (tertiary/aromatic N) is 2. The van der Waals surface area contributed by atoms with Crippen molar-refractivity contribution in [2.45, 2.75) is 13.5 Å². The number of hydrogen-bond acceptors (Lipinski definition) is 6. The Labute approximate surface area is 204 Å². The van der Waals surface area contributed by atoms with Crippen LogP contribution in [0.2, 0.25) is 5.02 Å². The molecule has 0 radical (unpaired) electrons. The number of ether oxygens (including phenoxy) is 1. The Morgan fingerprint density at radius 3 is 2.68 bits per heavy atom. The molecule has 0 amide bonds. The molecule has 2 aromatic carbocycles. The summed E-state index contributed by atoms with van der Waals surface area (Å²) in [6.45, 7) is 2.10. The van der Waals surface area contributed by atoms with Crippen LogP contribution in [0.5, 0.6) is 5.75 Å². The standard InChI is InChI=1S/C24H22ClN5O3S/c1-2-34(32)30-20-11-8-17(13-21(20)33-15-16-6-9-18(25)10-7-16)23-19(14-31)24(29-28-23)27-22-5-3-4-12-26-22/h3-14,30H,2,15H2,1H3,(H2,26,27,28,29). The normalized spacial score (nSPS) is 11.6. The number of anilines is 3. The Hall–Kier alpha value is -3.69. The predicted octanol–water partition coefficient (Wildman–Crippen LogP) is 5.36. The average Bonchev–Trinajstić information content (AvgIpc) is 3.27. The van der Waals surface area contributed by atoms with E-state index < -0.39 is 11.0 Å². The molecule has 10 heteroatoms. The minimum absolute atomic E-state index is 0.282. The highest BCUT2D eigenvalue weighted by Crippen LogP contribution is 2.34. The number of aromatic amines is 1. The van der Waals surface area contributed by atoms with Gasteiger partial charge in [-0.25, -0.2) is 9.19 Å². The molecule has 0 saturated carbocycles. The maximum atomic E-state index is 12.1. The number of carbonyl (C=O) groups excluding carboxylic acids is 1. The summed E-state index contributed by atoms with van der Waals surface area (Å²) in [4.78, 5) is 16.1. The van der Waals surface area contributed by atoms with Crippen molar-refractivity contribution in [2.24, 2.45) is 0 Å². The Kier molecular flexibility index (Phi) is 7.56. The van der Waals surface area contributed by atoms with Crippen molar-refractivity contribution in [3.05, 3.63) is 83.0 Å². The predicted molar refractivity (Wildman–Crippen MR) is 135 cm³/mol. The minimum Gasteiger partial charge on any atom is -0.487 e. The molecule has 2 heterocycles. The van der Waals surface area contributed by atoms with Gasteiger partial charge in [-0.1, -0.05) is 42.8 Å². The summed E-state index contributed by atoms with van der Waals surface area (Å²) >= 11 is 5.97. The Morgan fingerprint density at radius 1 is 1.15 bits per heavy atom. The van der Waals surface area contributed by atoms with Gasteiger partial charge in [-0.05, 0) is 42.0 Å². The van der Waals surface area contributed by atoms with Crippen LogP contribution in [0.1, 0.15) is 22.8 Å². The quantitative estimate of drug-likeness (QED) is 0.256. The summed E-state index contributed by atoms with van der Waals surface area (Å²) in [5, 5.41) is 10.9. The van der Waals surface area contributed by atoms with E-state index in [1.54, 1.807) is 48.7 Å². The fourth-order valence-electron chi connectivity index (χ4n) is 3.16. The van der Waals surface area contributed by atoms with Crippen molar-refractivity contribution in [3.63, 3.8) is 0 Å². The van der Waals surface area contributed by atoms with Gasteiger partial charge >= 0.3 is 0 Å². The molecule has 2 aromatic heterocycles. The van der Waals surface area contributed by atoms with Crippen LogP contribution >= 0.6 is 11.6 Å². The molecule has 0 aliphatic heterocycles. The second kappa shape index (κ2) is 11.0. The molecule has 0 saturated heterocycles. The van der Waals surface area contributed by atoms with Crippen molar-refractivity contribution in [1.82, 2.24) is 15.2 Å². The lowest BCUT2D eigenvalue weighted by Gasteiger charge is -2.14. The Morgan fingerprint density at radius 2 is 1.97 bits per heavy atom. The summed E-state index contributed by atoms with van der Waals surface area (Å²) in [5.41, 5.74) is 3.06. The first-order chi connectivity index (χ1) is 16.6. The van der Waals surface area contributed by atoms with Gasteiger partial charge in [0.25, 0.3) is 0 Å². The molecule has 1 unspecified atom stereocenters. The third-order valence-corrected chi connectivity index (χ3v) is 6.12. The summed E-state index contributed by atoms with van der Waals surface area (Å²) in [5.74, 6) is 1.86. The van der Waals surface area contributed by atoms with E-state index in [9.17, 15) is 9.00 Å². The zero-order valence-corrected chi connectivity index (χ0v) is 19.8. The van der Waals surface area contributed by atoms with Crippen LogP contribution in [0.3, 0.4) is 0 Å². The molecule has 8 nitrogen and oxygen atoms in total. The fraction of sp³-hybridized carbons (Fsp3) is 0.125. The molecule has 0 bridgehead atoms. The van der Waals surface area contributed by atoms with Gasteiger partial charge in [0.15, 0.2) is 12.1 Å². The average molecular weight is 496 g/mol. The SMILES string of the molecule is CCS(=O)Nc1ccc(-c2[nH]nc(Nc3ccccn3)c2C=O)cc1OCc1ccc(Cl)cc1. The smallest absolute Gasteiger partial charge is 0.164 e. The van der Waals surface area contributed by atoms with Crippen LogP contribution in [-0.4, -0.2) is 31.4 Å². The number of H-pyrrole nitrogens is 1. The van der Waals surface area contributed by atoms with Crippen LogP contribution in [0, 0.1) is 0 Å². The molecule has 174 valence electrons. The number of hydrogen-bond donors (Lipinski definition) is 3. The van der Waals surface area contributed by atoms with E-state index in [1.807, 2.05) is 25.1 Å². The van der Waals surface area contributed by atoms with Crippen LogP contribution in [0.25, 0.3) is 11.3 Å². The number of halogens is 1. The maximum absolute atomic E-state index is 12.1. The van der Waals surface area contributed by atoms with Crippen molar-refractivity contribution in [3.8, 4) is 17.0 Å². The second-order valence-electron chi connectivity index (χ2n) is 7.18. The van der Waals surface area contributed by atoms with Gasteiger partial charge in [0.05, 0.1) is 16.9 Å². The van der Waals surface area contributed by atoms with Crippen molar-refractivity contribution in [2.75, 3.05) is 15.8 Å². The molecular weight excluding hydrogens is 474 g/mol. The van der Waals surface area contributed by atoms with Gasteiger partial charge in [0.1, 0.15) is 29.2 Å². The first kappa shape index (κ1) is 23.5. The van der Waals surface area contributed by atoms with Crippen molar-refractivity contribution >= 4 is 46.2 Å². The van der Waals surface area contributed by atoms with Gasteiger partial charge in [0.2, 0.25) is 0 Å². The molecule has 0 aliphatic carbocycles. The second-order valence-corrected chi connectivity index (χ2v) is 9.09. The maximum Gasteiger partial charge on any atom is 0.164 e. The van der Waals surface area contributed by atoms with Gasteiger partial charge in [-0.3, -0.25) is 9.89 Å². The van der Waals surface area contributed by atoms with Crippen LogP contribution in [0.4, 0.5) is 17.3 Å². The van der Waals surface area contributed by atoms with E-state index in [-0.39, 0.29) is 6.61 Å². The molecule has 0 spiro atoms. The van der Waals surface area contributed by atoms with E-state index in [4.69, 9.17) is 16.3 Å². The summed E-state index contributed by atoms with van der Waals surface area (Å²) in [6, 6.07) is 18.1. The Balaban J connectivity index is 1.65. The molecule has 1 atom stereocenters. The number of benzene rings is 2. The topological polar surface area (TPSA) is 109 Å². The first-order valence-corrected chi connectivity index (χ1v) is 12.2. The molecule has 4 rings (SSSR count). The van der Waals surface area contributed by atoms with Gasteiger partial charge in [0, 0.05) is 22.5 Å². The summed E-state index contributed by atoms with van der Waals surface area (Å²) < 4.78 is 21.1. The molecule has 0 fully saturated rings. The lowest BCUT2D eigenvalue weighted by atomic mass is 10.1. The van der Waals surface area contributed by atoms with Crippen LogP contribution in [-0.2, 0) is 17.6 Å². The molecular formula is C24H22ClN5O3S. The monoisotopic (exact) mass is 495 g/mol. The van der Waals surface area contributed by atoms with Crippen LogP contribution in [0.15, 0.2) is 66.9 Å². The third-order valence-electron chi connectivity index (χ3n) is 4.90. The molecule has 0 aliphatic rings. The zero-order valence-electron chi connectivity index (χ0n) is 18.2. The highest BCUT2D eigenvalue weighted by Gasteiger charge is 2.17.